The van der Waals surface area contributed by atoms with Crippen LogP contribution >= 0.6 is 24.0 Å². The number of ether oxygens (including phenoxy) is 1. The molecule has 2 rings (SSSR count). The molecule has 1 aromatic rings. The Bertz CT molecular complexity index is 490. The van der Waals surface area contributed by atoms with E-state index in [-0.39, 0.29) is 24.0 Å². The molecule has 2 atom stereocenters. The number of methoxy groups -OCH3 is 1. The van der Waals surface area contributed by atoms with E-state index in [2.05, 4.69) is 41.6 Å². The van der Waals surface area contributed by atoms with E-state index in [9.17, 15) is 0 Å². The van der Waals surface area contributed by atoms with Gasteiger partial charge in [0, 0.05) is 19.6 Å². The largest absolute Gasteiger partial charge is 0.496 e. The normalized spacial score (nSPS) is 20.5. The molecule has 1 aliphatic carbocycles. The number of hydrogen-bond acceptors (Lipinski definition) is 2. The molecule has 0 heterocycles. The lowest BCUT2D eigenvalue weighted by Crippen LogP contribution is -2.39. The molecule has 0 saturated heterocycles. The Hall–Kier alpha value is -0.980. The SMILES string of the molecule is CN=C(NCCc1cc(C)ccc1OC)NC1CC1C.I. The Balaban J connectivity index is 0.00000220. The van der Waals surface area contributed by atoms with Gasteiger partial charge >= 0.3 is 0 Å². The van der Waals surface area contributed by atoms with E-state index in [1.54, 1.807) is 7.11 Å². The predicted octanol–water partition coefficient (Wildman–Crippen LogP) is 2.74. The minimum Gasteiger partial charge on any atom is -0.496 e. The van der Waals surface area contributed by atoms with Gasteiger partial charge in [0.15, 0.2) is 5.96 Å². The molecule has 1 aliphatic rings. The molecule has 1 aromatic carbocycles. The second kappa shape index (κ2) is 8.46. The molecule has 21 heavy (non-hydrogen) atoms. The van der Waals surface area contributed by atoms with Crippen molar-refractivity contribution in [2.75, 3.05) is 20.7 Å². The first kappa shape index (κ1) is 18.1. The number of nitrogens with zero attached hydrogens (tertiary/aromatic N) is 1. The monoisotopic (exact) mass is 403 g/mol. The van der Waals surface area contributed by atoms with Crippen molar-refractivity contribution in [2.45, 2.75) is 32.7 Å². The highest BCUT2D eigenvalue weighted by atomic mass is 127. The van der Waals surface area contributed by atoms with Gasteiger partial charge in [0.2, 0.25) is 0 Å². The lowest BCUT2D eigenvalue weighted by molar-refractivity contribution is 0.409. The van der Waals surface area contributed by atoms with E-state index in [1.807, 2.05) is 13.1 Å². The van der Waals surface area contributed by atoms with E-state index in [0.717, 1.165) is 30.6 Å². The van der Waals surface area contributed by atoms with Gasteiger partial charge in [-0.1, -0.05) is 24.6 Å². The summed E-state index contributed by atoms with van der Waals surface area (Å²) in [5, 5.41) is 6.79. The molecule has 0 bridgehead atoms. The van der Waals surface area contributed by atoms with Gasteiger partial charge in [-0.25, -0.2) is 0 Å². The van der Waals surface area contributed by atoms with Gasteiger partial charge in [-0.05, 0) is 37.3 Å². The van der Waals surface area contributed by atoms with Crippen LogP contribution in [0.25, 0.3) is 0 Å². The Morgan fingerprint density at radius 2 is 2.14 bits per heavy atom. The van der Waals surface area contributed by atoms with Gasteiger partial charge < -0.3 is 15.4 Å². The first-order chi connectivity index (χ1) is 9.63. The zero-order valence-electron chi connectivity index (χ0n) is 13.3. The van der Waals surface area contributed by atoms with Crippen molar-refractivity contribution >= 4 is 29.9 Å². The van der Waals surface area contributed by atoms with Crippen LogP contribution in [-0.4, -0.2) is 32.7 Å². The van der Waals surface area contributed by atoms with Gasteiger partial charge in [-0.2, -0.15) is 0 Å². The summed E-state index contributed by atoms with van der Waals surface area (Å²) in [6.45, 7) is 5.20. The summed E-state index contributed by atoms with van der Waals surface area (Å²) >= 11 is 0. The van der Waals surface area contributed by atoms with Crippen molar-refractivity contribution in [3.05, 3.63) is 29.3 Å². The maximum Gasteiger partial charge on any atom is 0.191 e. The lowest BCUT2D eigenvalue weighted by Gasteiger charge is -2.13. The second-order valence-electron chi connectivity index (χ2n) is 5.53. The van der Waals surface area contributed by atoms with Crippen LogP contribution < -0.4 is 15.4 Å². The molecule has 1 saturated carbocycles. The Labute approximate surface area is 144 Å². The average molecular weight is 403 g/mol. The molecule has 1 fully saturated rings. The molecule has 0 amide bonds. The van der Waals surface area contributed by atoms with Gasteiger partial charge in [0.25, 0.3) is 0 Å². The third kappa shape index (κ3) is 5.37. The fraction of sp³-hybridized carbons (Fsp3) is 0.562. The van der Waals surface area contributed by atoms with Crippen LogP contribution in [0.4, 0.5) is 0 Å². The molecule has 0 spiro atoms. The number of rotatable bonds is 5. The second-order valence-corrected chi connectivity index (χ2v) is 5.53. The number of aryl methyl sites for hydroxylation is 1. The summed E-state index contributed by atoms with van der Waals surface area (Å²) in [6, 6.07) is 6.88. The number of hydrogen-bond donors (Lipinski definition) is 2. The fourth-order valence-corrected chi connectivity index (χ4v) is 2.31. The molecule has 5 heteroatoms. The molecule has 2 unspecified atom stereocenters. The summed E-state index contributed by atoms with van der Waals surface area (Å²) < 4.78 is 5.40. The van der Waals surface area contributed by atoms with Crippen LogP contribution in [-0.2, 0) is 6.42 Å². The number of halogens is 1. The van der Waals surface area contributed by atoms with E-state index in [1.165, 1.54) is 17.5 Å². The van der Waals surface area contributed by atoms with Crippen LogP contribution in [0, 0.1) is 12.8 Å². The van der Waals surface area contributed by atoms with Gasteiger partial charge in [-0.3, -0.25) is 4.99 Å². The summed E-state index contributed by atoms with van der Waals surface area (Å²) in [7, 11) is 3.53. The Kier molecular flexibility index (Phi) is 7.28. The average Bonchev–Trinajstić information content (AvgIpc) is 3.13. The number of guanidine groups is 1. The minimum atomic E-state index is 0. The highest BCUT2D eigenvalue weighted by molar-refractivity contribution is 14.0. The number of nitrogens with one attached hydrogen (secondary N) is 2. The first-order valence-corrected chi connectivity index (χ1v) is 7.24. The molecule has 0 aromatic heterocycles. The maximum atomic E-state index is 5.40. The summed E-state index contributed by atoms with van der Waals surface area (Å²) in [5.41, 5.74) is 2.49. The fourth-order valence-electron chi connectivity index (χ4n) is 2.31. The van der Waals surface area contributed by atoms with Crippen molar-refractivity contribution in [1.29, 1.82) is 0 Å². The molecular formula is C16H26IN3O. The highest BCUT2D eigenvalue weighted by Crippen LogP contribution is 2.28. The Morgan fingerprint density at radius 3 is 2.71 bits per heavy atom. The maximum absolute atomic E-state index is 5.40. The van der Waals surface area contributed by atoms with Crippen LogP contribution in [0.3, 0.4) is 0 Å². The third-order valence-electron chi connectivity index (χ3n) is 3.78. The Morgan fingerprint density at radius 1 is 1.43 bits per heavy atom. The van der Waals surface area contributed by atoms with Gasteiger partial charge in [0.1, 0.15) is 5.75 Å². The first-order valence-electron chi connectivity index (χ1n) is 7.24. The van der Waals surface area contributed by atoms with Crippen molar-refractivity contribution in [1.82, 2.24) is 10.6 Å². The summed E-state index contributed by atoms with van der Waals surface area (Å²) in [4.78, 5) is 4.26. The van der Waals surface area contributed by atoms with Gasteiger partial charge in [0.05, 0.1) is 7.11 Å². The quantitative estimate of drug-likeness (QED) is 0.452. The van der Waals surface area contributed by atoms with Crippen molar-refractivity contribution in [3.8, 4) is 5.75 Å². The number of benzene rings is 1. The topological polar surface area (TPSA) is 45.7 Å². The van der Waals surface area contributed by atoms with Crippen molar-refractivity contribution in [3.63, 3.8) is 0 Å². The van der Waals surface area contributed by atoms with E-state index >= 15 is 0 Å². The lowest BCUT2D eigenvalue weighted by atomic mass is 10.1. The summed E-state index contributed by atoms with van der Waals surface area (Å²) in [5.74, 6) is 2.62. The van der Waals surface area contributed by atoms with Crippen LogP contribution in [0.1, 0.15) is 24.5 Å². The molecule has 0 radical (unpaired) electrons. The van der Waals surface area contributed by atoms with Crippen LogP contribution in [0.5, 0.6) is 5.75 Å². The third-order valence-corrected chi connectivity index (χ3v) is 3.78. The molecule has 2 N–H and O–H groups in total. The van der Waals surface area contributed by atoms with Crippen LogP contribution in [0.15, 0.2) is 23.2 Å². The molecule has 4 nitrogen and oxygen atoms in total. The van der Waals surface area contributed by atoms with E-state index in [4.69, 9.17) is 4.74 Å². The van der Waals surface area contributed by atoms with Crippen molar-refractivity contribution < 1.29 is 4.74 Å². The zero-order valence-corrected chi connectivity index (χ0v) is 15.6. The molecular weight excluding hydrogens is 377 g/mol. The predicted molar refractivity (Wildman–Crippen MR) is 98.9 cm³/mol. The molecule has 0 aliphatic heterocycles. The summed E-state index contributed by atoms with van der Waals surface area (Å²) in [6.07, 6.45) is 2.16. The number of aliphatic imine (C=N–C) groups is 1. The highest BCUT2D eigenvalue weighted by Gasteiger charge is 2.33. The van der Waals surface area contributed by atoms with E-state index < -0.39 is 0 Å². The van der Waals surface area contributed by atoms with Crippen LogP contribution in [0.2, 0.25) is 0 Å². The van der Waals surface area contributed by atoms with Gasteiger partial charge in [-0.15, -0.1) is 24.0 Å². The zero-order chi connectivity index (χ0) is 14.5. The minimum absolute atomic E-state index is 0. The standard InChI is InChI=1S/C16H25N3O.HI/c1-11-5-6-15(20-4)13(9-11)7-8-18-16(17-3)19-14-10-12(14)2;/h5-6,9,12,14H,7-8,10H2,1-4H3,(H2,17,18,19);1H. The van der Waals surface area contributed by atoms with E-state index in [0.29, 0.717) is 6.04 Å². The smallest absolute Gasteiger partial charge is 0.191 e. The van der Waals surface area contributed by atoms with Crippen molar-refractivity contribution in [2.24, 2.45) is 10.9 Å². The molecule has 118 valence electrons.